The average Bonchev–Trinajstić information content (AvgIpc) is 2.71. The lowest BCUT2D eigenvalue weighted by atomic mass is 9.87. The second-order valence-corrected chi connectivity index (χ2v) is 8.24. The zero-order valence-corrected chi connectivity index (χ0v) is 16.9. The van der Waals surface area contributed by atoms with Gasteiger partial charge in [-0.3, -0.25) is 0 Å². The molecule has 0 aliphatic rings. The number of rotatable bonds is 4. The lowest BCUT2D eigenvalue weighted by Gasteiger charge is -2.19. The highest BCUT2D eigenvalue weighted by molar-refractivity contribution is 5.93. The van der Waals surface area contributed by atoms with E-state index in [0.29, 0.717) is 17.9 Å². The maximum atomic E-state index is 12.1. The largest absolute Gasteiger partial charge is 0.489 e. The van der Waals surface area contributed by atoms with Gasteiger partial charge >= 0.3 is 5.63 Å². The first-order chi connectivity index (χ1) is 13.9. The van der Waals surface area contributed by atoms with E-state index in [1.54, 1.807) is 6.07 Å². The summed E-state index contributed by atoms with van der Waals surface area (Å²) in [4.78, 5) is 12.1. The van der Waals surface area contributed by atoms with Gasteiger partial charge in [0.15, 0.2) is 0 Å². The fourth-order valence-corrected chi connectivity index (χ4v) is 3.36. The monoisotopic (exact) mass is 384 g/mol. The second kappa shape index (κ2) is 7.59. The van der Waals surface area contributed by atoms with Crippen molar-refractivity contribution in [2.75, 3.05) is 0 Å². The van der Waals surface area contributed by atoms with Gasteiger partial charge in [-0.25, -0.2) is 4.79 Å². The van der Waals surface area contributed by atoms with Gasteiger partial charge in [0.2, 0.25) is 0 Å². The van der Waals surface area contributed by atoms with Crippen LogP contribution in [0.3, 0.4) is 0 Å². The number of hydrogen-bond donors (Lipinski definition) is 0. The molecule has 3 aromatic carbocycles. The van der Waals surface area contributed by atoms with Gasteiger partial charge < -0.3 is 9.15 Å². The lowest BCUT2D eigenvalue weighted by molar-refractivity contribution is 0.306. The van der Waals surface area contributed by atoms with Crippen molar-refractivity contribution in [3.05, 3.63) is 100 Å². The molecule has 4 aromatic rings. The van der Waals surface area contributed by atoms with Gasteiger partial charge in [-0.2, -0.15) is 0 Å². The van der Waals surface area contributed by atoms with Crippen LogP contribution in [0, 0.1) is 0 Å². The van der Waals surface area contributed by atoms with Crippen molar-refractivity contribution in [3.63, 3.8) is 0 Å². The first-order valence-electron chi connectivity index (χ1n) is 9.76. The minimum atomic E-state index is -0.369. The molecule has 0 radical (unpaired) electrons. The molecule has 0 saturated heterocycles. The third-order valence-electron chi connectivity index (χ3n) is 5.03. The van der Waals surface area contributed by atoms with E-state index in [0.717, 1.165) is 22.1 Å². The fraction of sp³-hybridized carbons (Fsp3) is 0.192. The summed E-state index contributed by atoms with van der Waals surface area (Å²) in [6.07, 6.45) is 0. The quantitative estimate of drug-likeness (QED) is 0.386. The molecule has 0 N–H and O–H groups in total. The van der Waals surface area contributed by atoms with Gasteiger partial charge in [0.1, 0.15) is 17.9 Å². The Labute approximate surface area is 170 Å². The van der Waals surface area contributed by atoms with E-state index in [1.807, 2.05) is 42.5 Å². The Morgan fingerprint density at radius 3 is 2.28 bits per heavy atom. The number of ether oxygens (including phenoxy) is 1. The normalized spacial score (nSPS) is 11.6. The predicted octanol–water partition coefficient (Wildman–Crippen LogP) is 6.34. The molecule has 146 valence electrons. The molecule has 0 aliphatic heterocycles. The summed E-state index contributed by atoms with van der Waals surface area (Å²) in [6, 6.07) is 25.5. The van der Waals surface area contributed by atoms with Crippen molar-refractivity contribution in [2.24, 2.45) is 0 Å². The lowest BCUT2D eigenvalue weighted by Crippen LogP contribution is -2.10. The molecule has 1 aromatic heterocycles. The van der Waals surface area contributed by atoms with Crippen LogP contribution in [0.4, 0.5) is 0 Å². The summed E-state index contributed by atoms with van der Waals surface area (Å²) in [6.45, 7) is 7.06. The predicted molar refractivity (Wildman–Crippen MR) is 117 cm³/mol. The third kappa shape index (κ3) is 4.24. The molecule has 3 heteroatoms. The highest BCUT2D eigenvalue weighted by atomic mass is 16.5. The Morgan fingerprint density at radius 2 is 1.59 bits per heavy atom. The maximum absolute atomic E-state index is 12.1. The van der Waals surface area contributed by atoms with Crippen molar-refractivity contribution in [3.8, 4) is 16.9 Å². The van der Waals surface area contributed by atoms with Gasteiger partial charge in [-0.05, 0) is 39.8 Å². The van der Waals surface area contributed by atoms with Crippen molar-refractivity contribution in [2.45, 2.75) is 32.8 Å². The van der Waals surface area contributed by atoms with Crippen LogP contribution < -0.4 is 10.4 Å². The summed E-state index contributed by atoms with van der Waals surface area (Å²) >= 11 is 0. The van der Waals surface area contributed by atoms with E-state index in [-0.39, 0.29) is 11.0 Å². The van der Waals surface area contributed by atoms with E-state index in [4.69, 9.17) is 9.15 Å². The molecule has 0 bridgehead atoms. The summed E-state index contributed by atoms with van der Waals surface area (Å²) in [5.41, 5.74) is 4.52. The van der Waals surface area contributed by atoms with Crippen LogP contribution in [0.25, 0.3) is 22.1 Å². The van der Waals surface area contributed by atoms with Crippen molar-refractivity contribution in [1.82, 2.24) is 0 Å². The molecule has 0 atom stereocenters. The van der Waals surface area contributed by atoms with E-state index < -0.39 is 0 Å². The zero-order valence-electron chi connectivity index (χ0n) is 16.9. The maximum Gasteiger partial charge on any atom is 0.336 e. The molecule has 0 fully saturated rings. The Bertz CT molecular complexity index is 1180. The smallest absolute Gasteiger partial charge is 0.336 e. The van der Waals surface area contributed by atoms with E-state index >= 15 is 0 Å². The summed E-state index contributed by atoms with van der Waals surface area (Å²) in [5.74, 6) is 0.672. The first kappa shape index (κ1) is 19.0. The Morgan fingerprint density at radius 1 is 0.862 bits per heavy atom. The van der Waals surface area contributed by atoms with Crippen LogP contribution in [-0.2, 0) is 12.0 Å². The molecular formula is C26H24O3. The molecule has 29 heavy (non-hydrogen) atoms. The molecule has 4 rings (SSSR count). The van der Waals surface area contributed by atoms with Gasteiger partial charge in [-0.15, -0.1) is 0 Å². The van der Waals surface area contributed by atoms with Crippen molar-refractivity contribution < 1.29 is 9.15 Å². The molecular weight excluding hydrogens is 360 g/mol. The van der Waals surface area contributed by atoms with Crippen molar-refractivity contribution in [1.29, 1.82) is 0 Å². The van der Waals surface area contributed by atoms with Crippen LogP contribution in [0.2, 0.25) is 0 Å². The molecule has 1 heterocycles. The number of fused-ring (bicyclic) bond motifs is 1. The van der Waals surface area contributed by atoms with Crippen LogP contribution in [-0.4, -0.2) is 0 Å². The van der Waals surface area contributed by atoms with Gasteiger partial charge in [0.25, 0.3) is 0 Å². The highest BCUT2D eigenvalue weighted by Crippen LogP contribution is 2.30. The van der Waals surface area contributed by atoms with Crippen molar-refractivity contribution >= 4 is 11.0 Å². The van der Waals surface area contributed by atoms with Crippen LogP contribution in [0.15, 0.2) is 88.1 Å². The minimum Gasteiger partial charge on any atom is -0.489 e. The Hall–Kier alpha value is -3.33. The van der Waals surface area contributed by atoms with E-state index in [9.17, 15) is 4.79 Å². The topological polar surface area (TPSA) is 39.4 Å². The Balaban J connectivity index is 1.59. The van der Waals surface area contributed by atoms with Crippen LogP contribution in [0.5, 0.6) is 5.75 Å². The van der Waals surface area contributed by atoms with Gasteiger partial charge in [0, 0.05) is 17.5 Å². The Kier molecular flexibility index (Phi) is 4.98. The van der Waals surface area contributed by atoms with Gasteiger partial charge in [-0.1, -0.05) is 75.4 Å². The molecule has 0 amide bonds. The van der Waals surface area contributed by atoms with Gasteiger partial charge in [0.05, 0.1) is 0 Å². The van der Waals surface area contributed by atoms with E-state index in [2.05, 4.69) is 45.0 Å². The molecule has 0 saturated carbocycles. The molecule has 3 nitrogen and oxygen atoms in total. The van der Waals surface area contributed by atoms with Crippen LogP contribution in [0.1, 0.15) is 31.9 Å². The minimum absolute atomic E-state index is 0.131. The molecule has 0 spiro atoms. The average molecular weight is 384 g/mol. The highest BCUT2D eigenvalue weighted by Gasteiger charge is 2.13. The third-order valence-corrected chi connectivity index (χ3v) is 5.03. The van der Waals surface area contributed by atoms with Crippen LogP contribution >= 0.6 is 0 Å². The standard InChI is InChI=1S/C26H24O3/c1-26(2,3)20-11-9-18(10-12-20)17-28-21-13-14-22-23(19-7-5-4-6-8-19)16-25(27)29-24(22)15-21/h4-16H,17H2,1-3H3. The first-order valence-corrected chi connectivity index (χ1v) is 9.76. The van der Waals surface area contributed by atoms with E-state index in [1.165, 1.54) is 11.6 Å². The molecule has 0 aliphatic carbocycles. The zero-order chi connectivity index (χ0) is 20.4. The summed E-state index contributed by atoms with van der Waals surface area (Å²) in [5, 5.41) is 0.887. The summed E-state index contributed by atoms with van der Waals surface area (Å²) < 4.78 is 11.4. The number of hydrogen-bond acceptors (Lipinski definition) is 3. The fourth-order valence-electron chi connectivity index (χ4n) is 3.36. The number of benzene rings is 3. The molecule has 0 unspecified atom stereocenters. The second-order valence-electron chi connectivity index (χ2n) is 8.24. The SMILES string of the molecule is CC(C)(C)c1ccc(COc2ccc3c(-c4ccccc4)cc(=O)oc3c2)cc1. The summed E-state index contributed by atoms with van der Waals surface area (Å²) in [7, 11) is 0.